The molecule has 0 spiro atoms. The first-order chi connectivity index (χ1) is 9.83. The van der Waals surface area contributed by atoms with E-state index in [-0.39, 0.29) is 0 Å². The molecule has 0 bridgehead atoms. The molecule has 0 amide bonds. The van der Waals surface area contributed by atoms with Gasteiger partial charge in [0.25, 0.3) is 0 Å². The van der Waals surface area contributed by atoms with Gasteiger partial charge in [0.15, 0.2) is 0 Å². The molecule has 4 nitrogen and oxygen atoms in total. The molecule has 108 valence electrons. The number of ether oxygens (including phenoxy) is 1. The molecular weight excluding hydrogens is 294 g/mol. The monoisotopic (exact) mass is 311 g/mol. The zero-order chi connectivity index (χ0) is 13.8. The summed E-state index contributed by atoms with van der Waals surface area (Å²) >= 11 is 7.81. The molecule has 0 aromatic carbocycles. The summed E-state index contributed by atoms with van der Waals surface area (Å²) in [6.45, 7) is 6.79. The van der Waals surface area contributed by atoms with Gasteiger partial charge in [0, 0.05) is 43.8 Å². The summed E-state index contributed by atoms with van der Waals surface area (Å²) in [5.41, 5.74) is 0. The predicted molar refractivity (Wildman–Crippen MR) is 83.6 cm³/mol. The van der Waals surface area contributed by atoms with E-state index in [2.05, 4.69) is 21.3 Å². The molecule has 1 saturated heterocycles. The third-order valence-corrected chi connectivity index (χ3v) is 5.01. The van der Waals surface area contributed by atoms with E-state index in [0.717, 1.165) is 50.6 Å². The summed E-state index contributed by atoms with van der Waals surface area (Å²) in [5, 5.41) is 5.28. The number of thiophene rings is 1. The van der Waals surface area contributed by atoms with Crippen LogP contribution in [0.25, 0.3) is 10.1 Å². The SMILES string of the molecule is Clc1nccc2cc(CNCCN3CCOCC3)sc12. The first kappa shape index (κ1) is 14.2. The van der Waals surface area contributed by atoms with E-state index in [1.165, 1.54) is 10.3 Å². The normalized spacial score (nSPS) is 16.9. The van der Waals surface area contributed by atoms with Crippen LogP contribution >= 0.6 is 22.9 Å². The van der Waals surface area contributed by atoms with Crippen LogP contribution in [0.3, 0.4) is 0 Å². The molecule has 0 unspecified atom stereocenters. The maximum absolute atomic E-state index is 6.09. The molecule has 0 atom stereocenters. The van der Waals surface area contributed by atoms with Crippen LogP contribution in [-0.2, 0) is 11.3 Å². The quantitative estimate of drug-likeness (QED) is 0.679. The van der Waals surface area contributed by atoms with Crippen LogP contribution in [0, 0.1) is 0 Å². The Kier molecular flexibility index (Phi) is 4.86. The van der Waals surface area contributed by atoms with Gasteiger partial charge in [0.2, 0.25) is 0 Å². The van der Waals surface area contributed by atoms with Crippen LogP contribution in [0.4, 0.5) is 0 Å². The molecule has 6 heteroatoms. The van der Waals surface area contributed by atoms with E-state index in [9.17, 15) is 0 Å². The minimum Gasteiger partial charge on any atom is -0.379 e. The molecule has 3 rings (SSSR count). The summed E-state index contributed by atoms with van der Waals surface area (Å²) in [6, 6.07) is 4.20. The molecule has 1 N–H and O–H groups in total. The van der Waals surface area contributed by atoms with Gasteiger partial charge in [0.1, 0.15) is 5.15 Å². The third kappa shape index (κ3) is 3.48. The maximum atomic E-state index is 6.09. The van der Waals surface area contributed by atoms with Gasteiger partial charge >= 0.3 is 0 Å². The summed E-state index contributed by atoms with van der Waals surface area (Å²) < 4.78 is 6.42. The average Bonchev–Trinajstić information content (AvgIpc) is 2.89. The lowest BCUT2D eigenvalue weighted by Gasteiger charge is -2.26. The molecule has 0 aliphatic carbocycles. The fourth-order valence-corrected chi connectivity index (χ4v) is 3.63. The highest BCUT2D eigenvalue weighted by Crippen LogP contribution is 2.29. The lowest BCUT2D eigenvalue weighted by Crippen LogP contribution is -2.40. The van der Waals surface area contributed by atoms with Crippen molar-refractivity contribution in [1.82, 2.24) is 15.2 Å². The number of hydrogen-bond acceptors (Lipinski definition) is 5. The lowest BCUT2D eigenvalue weighted by atomic mass is 10.3. The molecule has 2 aromatic heterocycles. The van der Waals surface area contributed by atoms with Crippen molar-refractivity contribution in [3.8, 4) is 0 Å². The summed E-state index contributed by atoms with van der Waals surface area (Å²) in [5.74, 6) is 0. The number of fused-ring (bicyclic) bond motifs is 1. The highest BCUT2D eigenvalue weighted by molar-refractivity contribution is 7.19. The Morgan fingerprint density at radius 1 is 1.40 bits per heavy atom. The largest absolute Gasteiger partial charge is 0.379 e. The number of rotatable bonds is 5. The Hall–Kier alpha value is -0.720. The molecular formula is C14H18ClN3OS. The minimum absolute atomic E-state index is 0.604. The molecule has 0 saturated carbocycles. The first-order valence-electron chi connectivity index (χ1n) is 6.87. The topological polar surface area (TPSA) is 37.4 Å². The van der Waals surface area contributed by atoms with Crippen LogP contribution in [0.5, 0.6) is 0 Å². The summed E-state index contributed by atoms with van der Waals surface area (Å²) in [4.78, 5) is 7.85. The Balaban J connectivity index is 1.48. The fourth-order valence-electron chi connectivity index (χ4n) is 2.35. The van der Waals surface area contributed by atoms with E-state index in [0.29, 0.717) is 5.15 Å². The maximum Gasteiger partial charge on any atom is 0.146 e. The standard InChI is InChI=1S/C14H18ClN3OS/c15-14-13-11(1-2-17-14)9-12(20-13)10-16-3-4-18-5-7-19-8-6-18/h1-2,9,16H,3-8,10H2. The lowest BCUT2D eigenvalue weighted by molar-refractivity contribution is 0.0384. The molecule has 1 aliphatic rings. The second-order valence-corrected chi connectivity index (χ2v) is 6.36. The Bertz CT molecular complexity index is 569. The number of pyridine rings is 1. The van der Waals surface area contributed by atoms with Crippen LogP contribution in [-0.4, -0.2) is 49.3 Å². The highest BCUT2D eigenvalue weighted by atomic mass is 35.5. The van der Waals surface area contributed by atoms with Crippen molar-refractivity contribution in [3.05, 3.63) is 28.4 Å². The summed E-state index contributed by atoms with van der Waals surface area (Å²) in [6.07, 6.45) is 1.76. The molecule has 20 heavy (non-hydrogen) atoms. The van der Waals surface area contributed by atoms with E-state index >= 15 is 0 Å². The minimum atomic E-state index is 0.604. The van der Waals surface area contributed by atoms with Gasteiger partial charge in [-0.1, -0.05) is 11.6 Å². The highest BCUT2D eigenvalue weighted by Gasteiger charge is 2.09. The molecule has 1 fully saturated rings. The van der Waals surface area contributed by atoms with Gasteiger partial charge in [-0.15, -0.1) is 11.3 Å². The Morgan fingerprint density at radius 3 is 3.05 bits per heavy atom. The fraction of sp³-hybridized carbons (Fsp3) is 0.500. The number of hydrogen-bond donors (Lipinski definition) is 1. The number of nitrogens with one attached hydrogen (secondary N) is 1. The van der Waals surface area contributed by atoms with Gasteiger partial charge in [-0.2, -0.15) is 0 Å². The number of nitrogens with zero attached hydrogens (tertiary/aromatic N) is 2. The third-order valence-electron chi connectivity index (χ3n) is 3.45. The molecule has 2 aromatic rings. The van der Waals surface area contributed by atoms with Crippen LogP contribution in [0.1, 0.15) is 4.88 Å². The van der Waals surface area contributed by atoms with E-state index in [4.69, 9.17) is 16.3 Å². The van der Waals surface area contributed by atoms with E-state index < -0.39 is 0 Å². The second kappa shape index (κ2) is 6.83. The average molecular weight is 312 g/mol. The van der Waals surface area contributed by atoms with Crippen LogP contribution < -0.4 is 5.32 Å². The molecule has 1 aliphatic heterocycles. The van der Waals surface area contributed by atoms with Crippen molar-refractivity contribution < 1.29 is 4.74 Å². The van der Waals surface area contributed by atoms with E-state index in [1.807, 2.05) is 6.07 Å². The Morgan fingerprint density at radius 2 is 2.25 bits per heavy atom. The van der Waals surface area contributed by atoms with Crippen molar-refractivity contribution in [2.75, 3.05) is 39.4 Å². The molecule has 0 radical (unpaired) electrons. The van der Waals surface area contributed by atoms with Crippen molar-refractivity contribution >= 4 is 33.0 Å². The summed E-state index contributed by atoms with van der Waals surface area (Å²) in [7, 11) is 0. The van der Waals surface area contributed by atoms with Gasteiger partial charge in [0.05, 0.1) is 17.9 Å². The van der Waals surface area contributed by atoms with Gasteiger partial charge in [-0.3, -0.25) is 4.90 Å². The molecule has 3 heterocycles. The zero-order valence-electron chi connectivity index (χ0n) is 11.3. The van der Waals surface area contributed by atoms with E-state index in [1.54, 1.807) is 17.5 Å². The van der Waals surface area contributed by atoms with Gasteiger partial charge < -0.3 is 10.1 Å². The van der Waals surface area contributed by atoms with Crippen LogP contribution in [0.15, 0.2) is 18.3 Å². The van der Waals surface area contributed by atoms with Crippen molar-refractivity contribution in [3.63, 3.8) is 0 Å². The van der Waals surface area contributed by atoms with Crippen molar-refractivity contribution in [1.29, 1.82) is 0 Å². The first-order valence-corrected chi connectivity index (χ1v) is 8.06. The smallest absolute Gasteiger partial charge is 0.146 e. The second-order valence-electron chi connectivity index (χ2n) is 4.86. The number of halogens is 1. The van der Waals surface area contributed by atoms with Gasteiger partial charge in [-0.05, 0) is 17.5 Å². The van der Waals surface area contributed by atoms with Crippen LogP contribution in [0.2, 0.25) is 5.15 Å². The zero-order valence-corrected chi connectivity index (χ0v) is 12.8. The van der Waals surface area contributed by atoms with Gasteiger partial charge in [-0.25, -0.2) is 4.98 Å². The predicted octanol–water partition coefficient (Wildman–Crippen LogP) is 2.37. The number of aromatic nitrogens is 1. The number of morpholine rings is 1. The Labute approximate surface area is 127 Å². The van der Waals surface area contributed by atoms with Crippen molar-refractivity contribution in [2.45, 2.75) is 6.54 Å². The van der Waals surface area contributed by atoms with Crippen molar-refractivity contribution in [2.24, 2.45) is 0 Å².